The van der Waals surface area contributed by atoms with Crippen LogP contribution in [0.25, 0.3) is 72.4 Å². The molecule has 48 heteroatoms. The molecule has 7 amide bonds. The largest absolute Gasteiger partial charge is 0.521 e. The molecule has 38 nitrogen and oxygen atoms in total. The quantitative estimate of drug-likeness (QED) is 0.0380. The van der Waals surface area contributed by atoms with Gasteiger partial charge in [-0.1, -0.05) is 143 Å². The number of aromatic nitrogens is 14. The van der Waals surface area contributed by atoms with Gasteiger partial charge in [0.05, 0.1) is 85.0 Å². The molecule has 11 fully saturated rings. The van der Waals surface area contributed by atoms with E-state index in [-0.39, 0.29) is 157 Å². The predicted octanol–water partition coefficient (Wildman–Crippen LogP) is 9.02. The van der Waals surface area contributed by atoms with Gasteiger partial charge >= 0.3 is 0 Å². The molecule has 11 aliphatic heterocycles. The molecular formula is C92H89N31O7S7Y3-6. The number of allylic oxidation sites excluding steroid dienone is 1. The number of nitrogens with zero attached hydrogens (tertiary/aromatic N) is 21. The summed E-state index contributed by atoms with van der Waals surface area (Å²) >= 11 is 10.4. The summed E-state index contributed by atoms with van der Waals surface area (Å²) in [6.07, 6.45) is 21.1. The van der Waals surface area contributed by atoms with Crippen LogP contribution in [0.15, 0.2) is 197 Å². The first-order valence-corrected chi connectivity index (χ1v) is 48.7. The molecule has 3 radical (unpaired) electrons. The molecule has 10 N–H and O–H groups in total. The SMILES string of the molecule is [3H]c1ccc2sc(N3CCC4(C3)NC(=C)NC4=O)nc2n1.[3H]c1ccc2sc(N3CC[C-](C(=O)N[C-]=C)C3)nc2n1.[3H]c1ccnc2nc(N3CCC4(C3)NC(=C)NC4=O)sc12.[3H]c1ccnc2nc(N3CCC4(CC(=C)NC4=O)C3)sc12.[3H]c1ccnc2nc(N3CC[C-](C(=O)N[C-]=C)C3)sc12.[3H]c1cnc2nc(N3CCC4(C3)NC(=C)NC4=O)sc2c1.[3H]c1cnc2nc(N3CC[C-](C(=O)N[C-]=C)C3)sc2c1.[Y].[Y].[Y]. The first kappa shape index (κ1) is 92.4. The Morgan fingerprint density at radius 2 is 0.657 bits per heavy atom. The van der Waals surface area contributed by atoms with Crippen molar-refractivity contribution in [1.82, 2.24) is 123 Å². The van der Waals surface area contributed by atoms with Crippen molar-refractivity contribution < 1.29 is 141 Å². The summed E-state index contributed by atoms with van der Waals surface area (Å²) in [5.74, 6) is 3.67. The molecule has 14 aromatic heterocycles. The van der Waals surface area contributed by atoms with E-state index >= 15 is 0 Å². The van der Waals surface area contributed by atoms with Crippen molar-refractivity contribution in [2.45, 2.75) is 68.0 Å². The Hall–Kier alpha value is -11.3. The maximum absolute atomic E-state index is 12.2. The van der Waals surface area contributed by atoms with Gasteiger partial charge in [0, 0.05) is 186 Å². The van der Waals surface area contributed by atoms with Crippen LogP contribution in [-0.4, -0.2) is 219 Å². The molecule has 711 valence electrons. The molecule has 25 rings (SSSR count). The monoisotopic (exact) mass is 2240 g/mol. The third kappa shape index (κ3) is 22.0. The van der Waals surface area contributed by atoms with Gasteiger partial charge in [-0.05, 0) is 130 Å². The summed E-state index contributed by atoms with van der Waals surface area (Å²) in [6.45, 7) is 34.5. The first-order chi connectivity index (χ1) is 69.3. The summed E-state index contributed by atoms with van der Waals surface area (Å²) in [7, 11) is 0. The second-order valence-corrected chi connectivity index (χ2v) is 40.0. The van der Waals surface area contributed by atoms with Gasteiger partial charge in [0.2, 0.25) is 5.91 Å². The van der Waals surface area contributed by atoms with Crippen LogP contribution < -0.4 is 87.5 Å². The number of anilines is 7. The summed E-state index contributed by atoms with van der Waals surface area (Å²) in [4.78, 5) is 158. The zero-order valence-corrected chi connectivity index (χ0v) is 89.2. The molecule has 0 bridgehead atoms. The fraction of sp³-hybridized carbons (Fsp3) is 0.283. The van der Waals surface area contributed by atoms with Crippen LogP contribution in [0.4, 0.5) is 35.9 Å². The molecule has 11 saturated heterocycles. The molecule has 11 aliphatic rings. The van der Waals surface area contributed by atoms with Gasteiger partial charge in [0.1, 0.15) is 16.6 Å². The van der Waals surface area contributed by atoms with E-state index in [1.54, 1.807) is 61.1 Å². The number of fused-ring (bicyclic) bond motifs is 7. The number of rotatable bonds is 13. The number of hydrogen-bond acceptors (Lipinski definition) is 38. The van der Waals surface area contributed by atoms with Crippen LogP contribution >= 0.6 is 79.4 Å². The summed E-state index contributed by atoms with van der Waals surface area (Å²) in [5, 5.41) is 33.7. The number of thiazole rings is 7. The molecule has 0 aromatic carbocycles. The van der Waals surface area contributed by atoms with Crippen molar-refractivity contribution in [1.29, 1.82) is 0 Å². The standard InChI is InChI=1S/C14H14N4OS.3C13H13N5OS.3C13H12N4OS.3Y/c1-9-7-14(12(19)16-9)4-6-18(8-14)13-17-11-10(20-13)3-2-5-15-11;3*1-8-15-11(19)13(17-8)4-6-18(7-13)12-16-10-9(20-12)3-2-5-14-10;3*1-2-14-12(18)9-5-7-17(8-9)13-16-11-10(19-13)4-3-6-15-11;;;/h2-3,5H,1,4,6-8H2,(H,16,19);3*2-3,5,17H,1,4,6-7H2,(H,15,19);3*3-4,6H,1,5,7-8H2,(H,14,18);;;/q;;;;3*-2;;;/i3T;5T;3T;2T;6T;4T;3T;;;. The van der Waals surface area contributed by atoms with E-state index in [1.165, 1.54) is 91.8 Å². The first-order valence-electron chi connectivity index (χ1n) is 46.5. The Bertz CT molecular complexity index is 7190. The van der Waals surface area contributed by atoms with Gasteiger partial charge < -0.3 is 120 Å². The Kier molecular flexibility index (Phi) is 29.1. The average Bonchev–Trinajstić information content (AvgIpc) is 1.61. The third-order valence-corrected chi connectivity index (χ3v) is 31.4. The van der Waals surface area contributed by atoms with Gasteiger partial charge in [0.15, 0.2) is 75.5 Å². The number of amides is 7. The number of pyridine rings is 7. The van der Waals surface area contributed by atoms with E-state index < -0.39 is 16.6 Å². The molecule has 4 atom stereocenters. The molecule has 140 heavy (non-hydrogen) atoms. The van der Waals surface area contributed by atoms with E-state index in [1.807, 2.05) is 26.8 Å². The Labute approximate surface area is 916 Å². The van der Waals surface area contributed by atoms with Crippen molar-refractivity contribution in [2.24, 2.45) is 5.41 Å². The second-order valence-electron chi connectivity index (χ2n) is 33.1. The molecular weight excluding hydrogens is 2140 g/mol. The third-order valence-electron chi connectivity index (χ3n) is 24.1. The zero-order valence-electron chi connectivity index (χ0n) is 81.9. The second kappa shape index (κ2) is 44.0. The number of hydrogen-bond donors (Lipinski definition) is 10. The molecule has 0 aliphatic carbocycles. The molecule has 25 heterocycles. The fourth-order valence-electron chi connectivity index (χ4n) is 17.3. The maximum atomic E-state index is 12.2. The van der Waals surface area contributed by atoms with E-state index in [9.17, 15) is 33.6 Å². The van der Waals surface area contributed by atoms with Crippen LogP contribution in [0.3, 0.4) is 0 Å². The van der Waals surface area contributed by atoms with Crippen molar-refractivity contribution in [3.63, 3.8) is 0 Å². The van der Waals surface area contributed by atoms with Crippen molar-refractivity contribution in [2.75, 3.05) is 126 Å². The van der Waals surface area contributed by atoms with Crippen LogP contribution in [0.2, 0.25) is 0 Å². The van der Waals surface area contributed by atoms with Crippen molar-refractivity contribution in [3.8, 4) is 0 Å². The molecule has 0 saturated carbocycles. The van der Waals surface area contributed by atoms with E-state index in [2.05, 4.69) is 207 Å². The topological polar surface area (TPSA) is 443 Å². The Balaban J connectivity index is 0.000000122. The van der Waals surface area contributed by atoms with Crippen LogP contribution in [0.1, 0.15) is 61.0 Å². The van der Waals surface area contributed by atoms with Gasteiger partial charge in [0.25, 0.3) is 17.7 Å². The van der Waals surface area contributed by atoms with Crippen LogP contribution in [0, 0.1) is 41.8 Å². The molecule has 4 spiro atoms. The molecule has 4 unspecified atom stereocenters. The minimum atomic E-state index is -0.605. The summed E-state index contributed by atoms with van der Waals surface area (Å²) < 4.78 is 59.9. The number of nitrogens with one attached hydrogen (secondary N) is 10. The van der Waals surface area contributed by atoms with E-state index in [4.69, 9.17) is 9.60 Å². The van der Waals surface area contributed by atoms with Crippen molar-refractivity contribution >= 4 is 229 Å². The van der Waals surface area contributed by atoms with Crippen LogP contribution in [0.5, 0.6) is 0 Å². The predicted molar refractivity (Wildman–Crippen MR) is 534 cm³/mol. The zero-order chi connectivity index (χ0) is 101. The van der Waals surface area contributed by atoms with Gasteiger partial charge in [-0.2, -0.15) is 77.5 Å². The van der Waals surface area contributed by atoms with Crippen LogP contribution in [-0.2, 0) is 132 Å². The summed E-state index contributed by atoms with van der Waals surface area (Å²) in [5.41, 5.74) is 2.95. The molecule has 14 aromatic rings. The summed E-state index contributed by atoms with van der Waals surface area (Å²) in [6, 6.07) is 17.6. The Morgan fingerprint density at radius 3 is 0.964 bits per heavy atom. The minimum Gasteiger partial charge on any atom is -0.521 e. The van der Waals surface area contributed by atoms with Gasteiger partial charge in [-0.15, -0.1) is 0 Å². The number of carbonyl (C=O) groups is 7. The number of carbonyl (C=O) groups excluding carboxylic acids is 7. The van der Waals surface area contributed by atoms with Crippen molar-refractivity contribution in [3.05, 3.63) is 234 Å². The maximum Gasteiger partial charge on any atom is 0.253 e. The minimum absolute atomic E-state index is 0. The normalized spacial score (nSPS) is 21.4. The van der Waals surface area contributed by atoms with Gasteiger partial charge in [-0.25, -0.2) is 49.8 Å². The average molecular weight is 2250 g/mol. The Morgan fingerprint density at radius 1 is 0.364 bits per heavy atom. The van der Waals surface area contributed by atoms with E-state index in [0.717, 1.165) is 145 Å². The van der Waals surface area contributed by atoms with Gasteiger partial charge in [-0.3, -0.25) is 19.2 Å². The fourth-order valence-corrected chi connectivity index (χ4v) is 23.8. The smallest absolute Gasteiger partial charge is 0.253 e. The van der Waals surface area contributed by atoms with E-state index in [0.29, 0.717) is 178 Å².